The highest BCUT2D eigenvalue weighted by atomic mass is 16.6. The molecule has 1 aliphatic rings. The topological polar surface area (TPSA) is 67.8 Å². The number of amides is 1. The lowest BCUT2D eigenvalue weighted by atomic mass is 10.0. The Bertz CT molecular complexity index is 149. The van der Waals surface area contributed by atoms with Crippen molar-refractivity contribution in [3.8, 4) is 0 Å². The van der Waals surface area contributed by atoms with Crippen LogP contribution in [0.2, 0.25) is 0 Å². The van der Waals surface area contributed by atoms with Gasteiger partial charge in [-0.2, -0.15) is 0 Å². The fourth-order valence-corrected chi connectivity index (χ4v) is 0.760. The van der Waals surface area contributed by atoms with Gasteiger partial charge in [0.05, 0.1) is 19.8 Å². The molecule has 0 aliphatic carbocycles. The Morgan fingerprint density at radius 3 is 2.73 bits per heavy atom. The van der Waals surface area contributed by atoms with Crippen molar-refractivity contribution in [1.29, 1.82) is 0 Å². The second-order valence-corrected chi connectivity index (χ2v) is 2.47. The van der Waals surface area contributed by atoms with Gasteiger partial charge < -0.3 is 19.9 Å². The van der Waals surface area contributed by atoms with E-state index in [0.29, 0.717) is 0 Å². The van der Waals surface area contributed by atoms with Gasteiger partial charge in [0.1, 0.15) is 0 Å². The van der Waals surface area contributed by atoms with Crippen LogP contribution in [0, 0.1) is 0 Å². The Kier molecular flexibility index (Phi) is 2.31. The summed E-state index contributed by atoms with van der Waals surface area (Å²) in [5.74, 6) is 0. The largest absolute Gasteiger partial charge is 0.436 e. The number of alkyl carbamates (subject to hydrolysis) is 1. The second kappa shape index (κ2) is 3.06. The zero-order chi connectivity index (χ0) is 8.32. The number of carbonyl (C=O) groups excluding carboxylic acids is 1. The van der Waals surface area contributed by atoms with E-state index in [1.54, 1.807) is 0 Å². The molecule has 64 valence electrons. The van der Waals surface area contributed by atoms with Crippen LogP contribution in [0.4, 0.5) is 4.79 Å². The number of nitrogens with one attached hydrogen (secondary N) is 1. The van der Waals surface area contributed by atoms with Crippen molar-refractivity contribution < 1.29 is 19.4 Å². The summed E-state index contributed by atoms with van der Waals surface area (Å²) in [7, 11) is 1.47. The molecule has 0 aromatic rings. The van der Waals surface area contributed by atoms with Gasteiger partial charge >= 0.3 is 6.09 Å². The quantitative estimate of drug-likeness (QED) is 0.551. The highest BCUT2D eigenvalue weighted by Gasteiger charge is 2.42. The van der Waals surface area contributed by atoms with Gasteiger partial charge in [0, 0.05) is 7.05 Å². The van der Waals surface area contributed by atoms with Crippen LogP contribution < -0.4 is 5.32 Å². The van der Waals surface area contributed by atoms with E-state index >= 15 is 0 Å². The van der Waals surface area contributed by atoms with E-state index in [0.717, 1.165) is 0 Å². The van der Waals surface area contributed by atoms with Crippen LogP contribution >= 0.6 is 0 Å². The minimum absolute atomic E-state index is 0.194. The molecule has 1 aliphatic heterocycles. The molecule has 0 spiro atoms. The summed E-state index contributed by atoms with van der Waals surface area (Å²) >= 11 is 0. The van der Waals surface area contributed by atoms with Crippen LogP contribution in [-0.2, 0) is 9.47 Å². The van der Waals surface area contributed by atoms with Crippen LogP contribution in [0.15, 0.2) is 0 Å². The SMILES string of the molecule is CNC(=O)OC1(CO)COC1. The summed E-state index contributed by atoms with van der Waals surface area (Å²) in [6, 6.07) is 0. The summed E-state index contributed by atoms with van der Waals surface area (Å²) in [5.41, 5.74) is -0.792. The Morgan fingerprint density at radius 1 is 1.82 bits per heavy atom. The fourth-order valence-electron chi connectivity index (χ4n) is 0.760. The number of ether oxygens (including phenoxy) is 2. The molecule has 0 saturated carbocycles. The first-order valence-electron chi connectivity index (χ1n) is 3.32. The molecular weight excluding hydrogens is 150 g/mol. The lowest BCUT2D eigenvalue weighted by Gasteiger charge is -2.38. The van der Waals surface area contributed by atoms with Gasteiger partial charge in [0.15, 0.2) is 5.60 Å². The third-order valence-electron chi connectivity index (χ3n) is 1.53. The minimum Gasteiger partial charge on any atom is -0.436 e. The summed E-state index contributed by atoms with van der Waals surface area (Å²) < 4.78 is 9.66. The van der Waals surface area contributed by atoms with E-state index in [4.69, 9.17) is 14.6 Å². The molecule has 0 bridgehead atoms. The van der Waals surface area contributed by atoms with Crippen molar-refractivity contribution in [3.05, 3.63) is 0 Å². The summed E-state index contributed by atoms with van der Waals surface area (Å²) in [4.78, 5) is 10.7. The number of aliphatic hydroxyl groups excluding tert-OH is 1. The molecular formula is C6H11NO4. The van der Waals surface area contributed by atoms with Crippen LogP contribution in [-0.4, -0.2) is 43.7 Å². The smallest absolute Gasteiger partial charge is 0.407 e. The molecule has 0 aromatic heterocycles. The zero-order valence-electron chi connectivity index (χ0n) is 6.29. The molecule has 5 nitrogen and oxygen atoms in total. The molecule has 1 amide bonds. The molecule has 0 atom stereocenters. The number of carbonyl (C=O) groups is 1. The summed E-state index contributed by atoms with van der Waals surface area (Å²) in [5, 5.41) is 11.1. The van der Waals surface area contributed by atoms with E-state index in [1.165, 1.54) is 7.05 Å². The predicted octanol–water partition coefficient (Wildman–Crippen LogP) is -0.896. The van der Waals surface area contributed by atoms with E-state index in [-0.39, 0.29) is 19.8 Å². The molecule has 5 heteroatoms. The van der Waals surface area contributed by atoms with Gasteiger partial charge in [-0.1, -0.05) is 0 Å². The fraction of sp³-hybridized carbons (Fsp3) is 0.833. The first-order chi connectivity index (χ1) is 5.22. The van der Waals surface area contributed by atoms with Crippen molar-refractivity contribution >= 4 is 6.09 Å². The lowest BCUT2D eigenvalue weighted by Crippen LogP contribution is -2.56. The van der Waals surface area contributed by atoms with Crippen molar-refractivity contribution in [2.45, 2.75) is 5.60 Å². The Hall–Kier alpha value is -0.810. The van der Waals surface area contributed by atoms with Gasteiger partial charge in [-0.15, -0.1) is 0 Å². The molecule has 11 heavy (non-hydrogen) atoms. The maximum absolute atomic E-state index is 10.7. The van der Waals surface area contributed by atoms with Crippen LogP contribution in [0.3, 0.4) is 0 Å². The molecule has 0 unspecified atom stereocenters. The number of rotatable bonds is 2. The van der Waals surface area contributed by atoms with Gasteiger partial charge in [0.25, 0.3) is 0 Å². The van der Waals surface area contributed by atoms with E-state index in [9.17, 15) is 4.79 Å². The monoisotopic (exact) mass is 161 g/mol. The molecule has 0 radical (unpaired) electrons. The molecule has 1 fully saturated rings. The van der Waals surface area contributed by atoms with Crippen molar-refractivity contribution in [2.24, 2.45) is 0 Å². The highest BCUT2D eigenvalue weighted by molar-refractivity contribution is 5.67. The summed E-state index contributed by atoms with van der Waals surface area (Å²) in [6.07, 6.45) is -0.539. The van der Waals surface area contributed by atoms with Crippen LogP contribution in [0.1, 0.15) is 0 Å². The lowest BCUT2D eigenvalue weighted by molar-refractivity contribution is -0.195. The Labute approximate surface area is 64.3 Å². The number of hydrogen-bond donors (Lipinski definition) is 2. The predicted molar refractivity (Wildman–Crippen MR) is 36.2 cm³/mol. The molecule has 2 N–H and O–H groups in total. The minimum atomic E-state index is -0.792. The standard InChI is InChI=1S/C6H11NO4/c1-7-5(9)11-6(2-8)3-10-4-6/h8H,2-4H2,1H3,(H,7,9). The van der Waals surface area contributed by atoms with E-state index in [2.05, 4.69) is 5.32 Å². The highest BCUT2D eigenvalue weighted by Crippen LogP contribution is 2.20. The Morgan fingerprint density at radius 2 is 2.45 bits per heavy atom. The molecule has 0 aromatic carbocycles. The average molecular weight is 161 g/mol. The molecule has 1 heterocycles. The van der Waals surface area contributed by atoms with Crippen LogP contribution in [0.5, 0.6) is 0 Å². The van der Waals surface area contributed by atoms with E-state index in [1.807, 2.05) is 0 Å². The Balaban J connectivity index is 2.38. The maximum atomic E-state index is 10.7. The second-order valence-electron chi connectivity index (χ2n) is 2.47. The van der Waals surface area contributed by atoms with Crippen molar-refractivity contribution in [1.82, 2.24) is 5.32 Å². The number of aliphatic hydroxyl groups is 1. The van der Waals surface area contributed by atoms with Crippen molar-refractivity contribution in [2.75, 3.05) is 26.9 Å². The molecule has 1 saturated heterocycles. The normalized spacial score (nSPS) is 20.2. The van der Waals surface area contributed by atoms with Crippen molar-refractivity contribution in [3.63, 3.8) is 0 Å². The van der Waals surface area contributed by atoms with E-state index < -0.39 is 11.7 Å². The number of hydrogen-bond acceptors (Lipinski definition) is 4. The average Bonchev–Trinajstić information content (AvgIpc) is 1.96. The zero-order valence-corrected chi connectivity index (χ0v) is 6.29. The van der Waals surface area contributed by atoms with Gasteiger partial charge in [0.2, 0.25) is 0 Å². The van der Waals surface area contributed by atoms with Crippen LogP contribution in [0.25, 0.3) is 0 Å². The third kappa shape index (κ3) is 1.61. The molecule has 1 rings (SSSR count). The summed E-state index contributed by atoms with van der Waals surface area (Å²) in [6.45, 7) is 0.355. The van der Waals surface area contributed by atoms with Gasteiger partial charge in [-0.3, -0.25) is 0 Å². The van der Waals surface area contributed by atoms with Gasteiger partial charge in [-0.25, -0.2) is 4.79 Å². The maximum Gasteiger partial charge on any atom is 0.407 e. The first kappa shape index (κ1) is 8.29. The first-order valence-corrected chi connectivity index (χ1v) is 3.32. The third-order valence-corrected chi connectivity index (χ3v) is 1.53. The van der Waals surface area contributed by atoms with Gasteiger partial charge in [-0.05, 0) is 0 Å².